The smallest absolute Gasteiger partial charge is 0.252 e. The van der Waals surface area contributed by atoms with Crippen LogP contribution in [0.25, 0.3) is 22.6 Å². The molecule has 0 saturated heterocycles. The van der Waals surface area contributed by atoms with Crippen LogP contribution in [0.3, 0.4) is 0 Å². The van der Waals surface area contributed by atoms with E-state index in [-0.39, 0.29) is 11.9 Å². The minimum atomic E-state index is -0.0215. The molecule has 1 aliphatic carbocycles. The second-order valence-electron chi connectivity index (χ2n) is 10.0. The molecule has 0 radical (unpaired) electrons. The van der Waals surface area contributed by atoms with Gasteiger partial charge in [-0.05, 0) is 87.6 Å². The number of carbonyl (C=O) groups excluding carboxylic acids is 1. The number of carbonyl (C=O) groups is 1. The molecular weight excluding hydrogens is 450 g/mol. The molecule has 184 valence electrons. The van der Waals surface area contributed by atoms with E-state index in [1.54, 1.807) is 0 Å². The first kappa shape index (κ1) is 22.5. The van der Waals surface area contributed by atoms with E-state index in [4.69, 9.17) is 15.1 Å². The van der Waals surface area contributed by atoms with Crippen molar-refractivity contribution >= 4 is 17.5 Å². The van der Waals surface area contributed by atoms with Gasteiger partial charge in [0.1, 0.15) is 5.82 Å². The molecule has 2 aliphatic rings. The van der Waals surface area contributed by atoms with Crippen molar-refractivity contribution in [3.63, 3.8) is 0 Å². The minimum Gasteiger partial charge on any atom is -0.345 e. The van der Waals surface area contributed by atoms with Crippen LogP contribution in [0.1, 0.15) is 71.5 Å². The normalized spacial score (nSPS) is 16.8. The van der Waals surface area contributed by atoms with E-state index in [9.17, 15) is 4.79 Å². The summed E-state index contributed by atoms with van der Waals surface area (Å²) < 4.78 is 4.04. The Hall–Kier alpha value is -3.94. The number of hydrogen-bond acceptors (Lipinski definition) is 5. The van der Waals surface area contributed by atoms with E-state index in [0.29, 0.717) is 24.2 Å². The summed E-state index contributed by atoms with van der Waals surface area (Å²) in [6.45, 7) is 8.96. The van der Waals surface area contributed by atoms with Crippen LogP contribution in [0, 0.1) is 13.8 Å². The number of aromatic nitrogens is 5. The molecule has 8 heteroatoms. The van der Waals surface area contributed by atoms with Gasteiger partial charge >= 0.3 is 0 Å². The van der Waals surface area contributed by atoms with Crippen LogP contribution >= 0.6 is 0 Å². The van der Waals surface area contributed by atoms with Crippen molar-refractivity contribution in [3.05, 3.63) is 64.6 Å². The van der Waals surface area contributed by atoms with E-state index in [1.807, 2.05) is 29.8 Å². The summed E-state index contributed by atoms with van der Waals surface area (Å²) in [5.41, 5.74) is 8.08. The van der Waals surface area contributed by atoms with Crippen molar-refractivity contribution in [2.45, 2.75) is 59.0 Å². The van der Waals surface area contributed by atoms with Gasteiger partial charge in [0.15, 0.2) is 5.82 Å². The molecule has 3 heterocycles. The van der Waals surface area contributed by atoms with Crippen LogP contribution in [-0.2, 0) is 13.6 Å². The molecule has 2 aromatic carbocycles. The number of amides is 1. The average Bonchev–Trinajstić information content (AvgIpc) is 3.41. The lowest BCUT2D eigenvalue weighted by molar-refractivity contribution is 0.0958. The van der Waals surface area contributed by atoms with Crippen LogP contribution in [0.2, 0.25) is 0 Å². The summed E-state index contributed by atoms with van der Waals surface area (Å²) in [6.07, 6.45) is 4.62. The molecule has 36 heavy (non-hydrogen) atoms. The number of fused-ring (bicyclic) bond motifs is 1. The van der Waals surface area contributed by atoms with Crippen LogP contribution in [0.4, 0.5) is 11.6 Å². The third-order valence-electron chi connectivity index (χ3n) is 7.28. The van der Waals surface area contributed by atoms with Crippen molar-refractivity contribution in [2.24, 2.45) is 7.05 Å². The Labute approximate surface area is 210 Å². The highest BCUT2D eigenvalue weighted by molar-refractivity contribution is 5.99. The standard InChI is InChI=1S/C28H31N7O/c1-6-35-28(30-19-9-10-20-23(13-19)17(4)29-27(20)36)32-25(33-35)22-12-15(2)21(11-16(22)3)24-14-34(5)26(31-24)18-7-8-18/h9-14,17-18H,6-8H2,1-5H3,(H,29,36)(H,30,32,33). The van der Waals surface area contributed by atoms with Crippen LogP contribution in [-0.4, -0.2) is 30.2 Å². The zero-order valence-corrected chi connectivity index (χ0v) is 21.4. The van der Waals surface area contributed by atoms with Gasteiger partial charge in [0.25, 0.3) is 5.91 Å². The lowest BCUT2D eigenvalue weighted by Crippen LogP contribution is -2.16. The van der Waals surface area contributed by atoms with Gasteiger partial charge in [0, 0.05) is 48.1 Å². The number of hydrogen-bond donors (Lipinski definition) is 2. The lowest BCUT2D eigenvalue weighted by atomic mass is 9.98. The zero-order chi connectivity index (χ0) is 25.1. The fourth-order valence-corrected chi connectivity index (χ4v) is 5.12. The van der Waals surface area contributed by atoms with Crippen molar-refractivity contribution in [1.29, 1.82) is 0 Å². The maximum Gasteiger partial charge on any atom is 0.252 e. The van der Waals surface area contributed by atoms with E-state index in [2.05, 4.69) is 61.3 Å². The summed E-state index contributed by atoms with van der Waals surface area (Å²) >= 11 is 0. The zero-order valence-electron chi connectivity index (χ0n) is 21.4. The van der Waals surface area contributed by atoms with Gasteiger partial charge in [-0.1, -0.05) is 0 Å². The molecule has 1 unspecified atom stereocenters. The first-order valence-corrected chi connectivity index (χ1v) is 12.6. The second-order valence-corrected chi connectivity index (χ2v) is 10.0. The minimum absolute atomic E-state index is 0.00236. The molecule has 8 nitrogen and oxygen atoms in total. The Morgan fingerprint density at radius 1 is 1.06 bits per heavy atom. The van der Waals surface area contributed by atoms with Gasteiger partial charge < -0.3 is 15.2 Å². The molecule has 0 spiro atoms. The number of imidazole rings is 1. The fraction of sp³-hybridized carbons (Fsp3) is 0.357. The topological polar surface area (TPSA) is 89.7 Å². The van der Waals surface area contributed by atoms with Crippen molar-refractivity contribution in [1.82, 2.24) is 29.6 Å². The van der Waals surface area contributed by atoms with Gasteiger partial charge in [-0.15, -0.1) is 5.10 Å². The van der Waals surface area contributed by atoms with Crippen LogP contribution in [0.15, 0.2) is 36.5 Å². The summed E-state index contributed by atoms with van der Waals surface area (Å²) in [5.74, 6) is 3.15. The Morgan fingerprint density at radius 2 is 1.81 bits per heavy atom. The van der Waals surface area contributed by atoms with Crippen molar-refractivity contribution < 1.29 is 4.79 Å². The summed E-state index contributed by atoms with van der Waals surface area (Å²) in [4.78, 5) is 21.9. The molecule has 1 saturated carbocycles. The van der Waals surface area contributed by atoms with E-state index >= 15 is 0 Å². The summed E-state index contributed by atoms with van der Waals surface area (Å²) in [6, 6.07) is 10.2. The SMILES string of the molecule is CCn1nc(-c2cc(C)c(-c3cn(C)c(C4CC4)n3)cc2C)nc1Nc1ccc2c(c1)C(C)NC2=O. The Bertz CT molecular complexity index is 1510. The first-order chi connectivity index (χ1) is 17.3. The molecule has 6 rings (SSSR count). The number of nitrogens with one attached hydrogen (secondary N) is 2. The van der Waals surface area contributed by atoms with E-state index in [0.717, 1.165) is 44.8 Å². The van der Waals surface area contributed by atoms with Gasteiger partial charge in [-0.2, -0.15) is 4.98 Å². The van der Waals surface area contributed by atoms with Crippen molar-refractivity contribution in [2.75, 3.05) is 5.32 Å². The van der Waals surface area contributed by atoms with Gasteiger partial charge in [-0.3, -0.25) is 4.79 Å². The third-order valence-corrected chi connectivity index (χ3v) is 7.28. The van der Waals surface area contributed by atoms with Gasteiger partial charge in [0.2, 0.25) is 5.95 Å². The molecule has 4 aromatic rings. The molecule has 1 aliphatic heterocycles. The lowest BCUT2D eigenvalue weighted by Gasteiger charge is -2.09. The first-order valence-electron chi connectivity index (χ1n) is 12.6. The Balaban J connectivity index is 1.32. The number of rotatable bonds is 6. The number of aryl methyl sites for hydroxylation is 4. The van der Waals surface area contributed by atoms with E-state index in [1.165, 1.54) is 18.7 Å². The summed E-state index contributed by atoms with van der Waals surface area (Å²) in [7, 11) is 2.09. The Morgan fingerprint density at radius 3 is 2.56 bits per heavy atom. The van der Waals surface area contributed by atoms with Gasteiger partial charge in [-0.25, -0.2) is 9.67 Å². The third kappa shape index (κ3) is 3.77. The van der Waals surface area contributed by atoms with Crippen molar-refractivity contribution in [3.8, 4) is 22.6 Å². The number of anilines is 2. The predicted molar refractivity (Wildman–Crippen MR) is 140 cm³/mol. The molecule has 2 aromatic heterocycles. The number of nitrogens with zero attached hydrogens (tertiary/aromatic N) is 5. The fourth-order valence-electron chi connectivity index (χ4n) is 5.12. The highest BCUT2D eigenvalue weighted by Gasteiger charge is 2.29. The molecule has 0 bridgehead atoms. The average molecular weight is 482 g/mol. The summed E-state index contributed by atoms with van der Waals surface area (Å²) in [5, 5.41) is 11.2. The molecular formula is C28H31N7O. The maximum absolute atomic E-state index is 12.1. The van der Waals surface area contributed by atoms with E-state index < -0.39 is 0 Å². The quantitative estimate of drug-likeness (QED) is 0.384. The van der Waals surface area contributed by atoms with Crippen LogP contribution < -0.4 is 10.6 Å². The highest BCUT2D eigenvalue weighted by Crippen LogP contribution is 2.40. The van der Waals surface area contributed by atoms with Gasteiger partial charge in [0.05, 0.1) is 11.7 Å². The predicted octanol–water partition coefficient (Wildman–Crippen LogP) is 5.41. The highest BCUT2D eigenvalue weighted by atomic mass is 16.2. The second kappa shape index (κ2) is 8.33. The Kier molecular flexibility index (Phi) is 5.21. The maximum atomic E-state index is 12.1. The molecule has 1 fully saturated rings. The molecule has 1 amide bonds. The molecule has 1 atom stereocenters. The monoisotopic (exact) mass is 481 g/mol. The van der Waals surface area contributed by atoms with Crippen LogP contribution in [0.5, 0.6) is 0 Å². The largest absolute Gasteiger partial charge is 0.345 e. The number of benzene rings is 2. The molecule has 2 N–H and O–H groups in total.